The minimum atomic E-state index is 0.238. The van der Waals surface area contributed by atoms with Crippen molar-refractivity contribution in [2.75, 3.05) is 5.43 Å². The molecule has 0 saturated heterocycles. The summed E-state index contributed by atoms with van der Waals surface area (Å²) in [6.45, 7) is 0. The van der Waals surface area contributed by atoms with Crippen LogP contribution in [0.15, 0.2) is 132 Å². The molecule has 1 N–H and O–H groups in total. The zero-order chi connectivity index (χ0) is 23.5. The molecule has 0 aromatic heterocycles. The van der Waals surface area contributed by atoms with Crippen molar-refractivity contribution < 1.29 is 0 Å². The van der Waals surface area contributed by atoms with E-state index in [1.807, 2.05) is 0 Å². The summed E-state index contributed by atoms with van der Waals surface area (Å²) in [4.78, 5) is 0. The Morgan fingerprint density at radius 1 is 0.657 bits per heavy atom. The largest absolute Gasteiger partial charge is 0.278 e. The number of rotatable bonds is 6. The van der Waals surface area contributed by atoms with Crippen molar-refractivity contribution in [3.8, 4) is 0 Å². The Hall–Kier alpha value is -4.43. The number of nitrogens with one attached hydrogen (secondary N) is 1. The molecule has 0 spiro atoms. The number of nitrogens with zero attached hydrogens (tertiary/aromatic N) is 1. The van der Waals surface area contributed by atoms with Gasteiger partial charge in [-0.15, -0.1) is 0 Å². The highest BCUT2D eigenvalue weighted by Crippen LogP contribution is 2.44. The molecule has 0 amide bonds. The Labute approximate surface area is 206 Å². The number of allylic oxidation sites excluding steroid dienone is 1. The summed E-state index contributed by atoms with van der Waals surface area (Å²) in [5, 5.41) is 7.39. The number of hydrazone groups is 1. The molecular formula is C33H26N2. The molecule has 5 aromatic rings. The maximum Gasteiger partial charge on any atom is 0.0688 e. The number of benzene rings is 5. The predicted octanol–water partition coefficient (Wildman–Crippen LogP) is 8.38. The van der Waals surface area contributed by atoms with E-state index in [2.05, 4.69) is 139 Å². The molecule has 2 heteroatoms. The molecular weight excluding hydrogens is 424 g/mol. The Morgan fingerprint density at radius 3 is 2.20 bits per heavy atom. The Kier molecular flexibility index (Phi) is 5.70. The van der Waals surface area contributed by atoms with Gasteiger partial charge in [0.05, 0.1) is 11.4 Å². The predicted molar refractivity (Wildman–Crippen MR) is 149 cm³/mol. The van der Waals surface area contributed by atoms with Gasteiger partial charge in [-0.25, -0.2) is 0 Å². The Morgan fingerprint density at radius 2 is 1.34 bits per heavy atom. The monoisotopic (exact) mass is 450 g/mol. The van der Waals surface area contributed by atoms with Gasteiger partial charge in [0.15, 0.2) is 0 Å². The lowest BCUT2D eigenvalue weighted by Crippen LogP contribution is -2.11. The smallest absolute Gasteiger partial charge is 0.0688 e. The number of anilines is 1. The summed E-state index contributed by atoms with van der Waals surface area (Å²) in [5.74, 6) is 0.238. The second-order valence-electron chi connectivity index (χ2n) is 8.91. The molecule has 0 fully saturated rings. The lowest BCUT2D eigenvalue weighted by molar-refractivity contribution is 0.924. The minimum absolute atomic E-state index is 0.238. The van der Waals surface area contributed by atoms with Crippen LogP contribution < -0.4 is 5.43 Å². The van der Waals surface area contributed by atoms with Crippen LogP contribution >= 0.6 is 0 Å². The summed E-state index contributed by atoms with van der Waals surface area (Å²) in [5.41, 5.74) is 11.9. The first-order valence-electron chi connectivity index (χ1n) is 12.1. The van der Waals surface area contributed by atoms with Gasteiger partial charge >= 0.3 is 0 Å². The number of hydrogen-bond donors (Lipinski definition) is 1. The summed E-state index contributed by atoms with van der Waals surface area (Å²) in [6.07, 6.45) is 3.15. The zero-order valence-electron chi connectivity index (χ0n) is 19.4. The summed E-state index contributed by atoms with van der Waals surface area (Å²) in [6, 6.07) is 44.7. The van der Waals surface area contributed by atoms with Crippen molar-refractivity contribution >= 4 is 33.8 Å². The lowest BCUT2D eigenvalue weighted by atomic mass is 9.85. The third-order valence-electron chi connectivity index (χ3n) is 6.77. The van der Waals surface area contributed by atoms with Crippen molar-refractivity contribution in [2.45, 2.75) is 12.3 Å². The van der Waals surface area contributed by atoms with Crippen LogP contribution in [0.1, 0.15) is 34.6 Å². The number of hydrogen-bond acceptors (Lipinski definition) is 2. The van der Waals surface area contributed by atoms with Gasteiger partial charge in [-0.3, -0.25) is 5.43 Å². The molecule has 1 aliphatic carbocycles. The highest BCUT2D eigenvalue weighted by atomic mass is 15.3. The molecule has 0 radical (unpaired) electrons. The maximum absolute atomic E-state index is 5.02. The van der Waals surface area contributed by atoms with Gasteiger partial charge < -0.3 is 0 Å². The van der Waals surface area contributed by atoms with Crippen LogP contribution in [0.2, 0.25) is 0 Å². The van der Waals surface area contributed by atoms with E-state index < -0.39 is 0 Å². The standard InChI is InChI=1S/C33H26N2/c1-3-12-25(13-4-1)30-22-27-17-8-9-19-28(27)31(30)23-33(26-15-5-2-6-16-26)35-34-32-21-11-18-24-14-7-10-20-29(24)32/h1-22,31,34H,23H2. The molecule has 1 atom stereocenters. The molecule has 5 aromatic carbocycles. The van der Waals surface area contributed by atoms with Crippen LogP contribution in [0.5, 0.6) is 0 Å². The van der Waals surface area contributed by atoms with Crippen molar-refractivity contribution in [1.29, 1.82) is 0 Å². The molecule has 0 bridgehead atoms. The quantitative estimate of drug-likeness (QED) is 0.204. The molecule has 1 unspecified atom stereocenters. The first kappa shape index (κ1) is 21.1. The second kappa shape index (κ2) is 9.44. The second-order valence-corrected chi connectivity index (χ2v) is 8.91. The first-order valence-corrected chi connectivity index (χ1v) is 12.1. The third kappa shape index (κ3) is 4.27. The van der Waals surface area contributed by atoms with Gasteiger partial charge in [-0.05, 0) is 39.3 Å². The third-order valence-corrected chi connectivity index (χ3v) is 6.77. The van der Waals surface area contributed by atoms with Crippen LogP contribution in [0.25, 0.3) is 22.4 Å². The summed E-state index contributed by atoms with van der Waals surface area (Å²) in [7, 11) is 0. The van der Waals surface area contributed by atoms with E-state index in [1.54, 1.807) is 0 Å². The van der Waals surface area contributed by atoms with E-state index in [4.69, 9.17) is 5.10 Å². The summed E-state index contributed by atoms with van der Waals surface area (Å²) >= 11 is 0. The molecule has 1 aliphatic rings. The fourth-order valence-electron chi connectivity index (χ4n) is 5.03. The van der Waals surface area contributed by atoms with E-state index in [9.17, 15) is 0 Å². The highest BCUT2D eigenvalue weighted by molar-refractivity contribution is 6.05. The normalized spacial score (nSPS) is 15.0. The SMILES string of the molecule is C1=C(c2ccccc2)C(CC(=NNc2cccc3ccccc23)c2ccccc2)c2ccccc21. The van der Waals surface area contributed by atoms with Gasteiger partial charge in [0, 0.05) is 17.7 Å². The summed E-state index contributed by atoms with van der Waals surface area (Å²) < 4.78 is 0. The maximum atomic E-state index is 5.02. The van der Waals surface area contributed by atoms with Gasteiger partial charge in [0.1, 0.15) is 0 Å². The van der Waals surface area contributed by atoms with E-state index in [0.29, 0.717) is 0 Å². The molecule has 0 aliphatic heterocycles. The van der Waals surface area contributed by atoms with Gasteiger partial charge in [-0.1, -0.05) is 127 Å². The van der Waals surface area contributed by atoms with Crippen LogP contribution in [0.4, 0.5) is 5.69 Å². The van der Waals surface area contributed by atoms with Crippen LogP contribution in [-0.2, 0) is 0 Å². The van der Waals surface area contributed by atoms with E-state index >= 15 is 0 Å². The molecule has 0 heterocycles. The lowest BCUT2D eigenvalue weighted by Gasteiger charge is -2.19. The molecule has 35 heavy (non-hydrogen) atoms. The fraction of sp³-hybridized carbons (Fsp3) is 0.0606. The van der Waals surface area contributed by atoms with Crippen molar-refractivity contribution in [3.63, 3.8) is 0 Å². The topological polar surface area (TPSA) is 24.4 Å². The average molecular weight is 451 g/mol. The van der Waals surface area contributed by atoms with E-state index in [-0.39, 0.29) is 5.92 Å². The van der Waals surface area contributed by atoms with Gasteiger partial charge in [0.2, 0.25) is 0 Å². The average Bonchev–Trinajstić information content (AvgIpc) is 3.30. The van der Waals surface area contributed by atoms with Crippen molar-refractivity contribution in [2.24, 2.45) is 5.10 Å². The van der Waals surface area contributed by atoms with Crippen molar-refractivity contribution in [1.82, 2.24) is 0 Å². The van der Waals surface area contributed by atoms with Crippen LogP contribution in [0, 0.1) is 0 Å². The minimum Gasteiger partial charge on any atom is -0.278 e. The highest BCUT2D eigenvalue weighted by Gasteiger charge is 2.27. The fourth-order valence-corrected chi connectivity index (χ4v) is 5.03. The molecule has 6 rings (SSSR count). The molecule has 2 nitrogen and oxygen atoms in total. The van der Waals surface area contributed by atoms with Crippen molar-refractivity contribution in [3.05, 3.63) is 150 Å². The first-order chi connectivity index (χ1) is 17.4. The zero-order valence-corrected chi connectivity index (χ0v) is 19.4. The molecule has 0 saturated carbocycles. The van der Waals surface area contributed by atoms with Gasteiger partial charge in [0.25, 0.3) is 0 Å². The Balaban J connectivity index is 1.40. The van der Waals surface area contributed by atoms with Crippen LogP contribution in [-0.4, -0.2) is 5.71 Å². The number of fused-ring (bicyclic) bond motifs is 2. The van der Waals surface area contributed by atoms with E-state index in [0.717, 1.165) is 23.4 Å². The Bertz CT molecular complexity index is 1530. The van der Waals surface area contributed by atoms with E-state index in [1.165, 1.54) is 33.0 Å². The van der Waals surface area contributed by atoms with Gasteiger partial charge in [-0.2, -0.15) is 5.10 Å². The van der Waals surface area contributed by atoms with Crippen LogP contribution in [0.3, 0.4) is 0 Å². The molecule has 168 valence electrons.